The second-order valence-corrected chi connectivity index (χ2v) is 10.5. The van der Waals surface area contributed by atoms with Crippen molar-refractivity contribution in [1.82, 2.24) is 38.9 Å². The first-order chi connectivity index (χ1) is 20.5. The second kappa shape index (κ2) is 10.1. The van der Waals surface area contributed by atoms with Gasteiger partial charge < -0.3 is 15.9 Å². The smallest absolute Gasteiger partial charge is 0.283 e. The molecule has 0 unspecified atom stereocenters. The number of nitrogens with two attached hydrogens (primary N) is 1. The Labute approximate surface area is 241 Å². The average Bonchev–Trinajstić information content (AvgIpc) is 3.57. The standard InChI is InChI=1S/C29H21N9O3S/c30-27-24-25(17-12-20(40)14-31-13-17)35-37(28(24)33-16-32-27)15-23-34-36-11-10-22(42-21-8-6-19(39)7-9-21)26(36)29(41)38(23)18-4-2-1-3-5-18/h1-14,16,39-40H,15H2,(H2,30,32,33). The van der Waals surface area contributed by atoms with Crippen molar-refractivity contribution in [3.63, 3.8) is 0 Å². The summed E-state index contributed by atoms with van der Waals surface area (Å²) in [4.78, 5) is 28.4. The maximum absolute atomic E-state index is 14.2. The predicted octanol–water partition coefficient (Wildman–Crippen LogP) is 3.88. The first-order valence-electron chi connectivity index (χ1n) is 12.7. The normalized spacial score (nSPS) is 11.4. The Morgan fingerprint density at radius 1 is 0.905 bits per heavy atom. The molecule has 0 saturated carbocycles. The Morgan fingerprint density at radius 2 is 1.71 bits per heavy atom. The van der Waals surface area contributed by atoms with Crippen LogP contribution in [0.1, 0.15) is 5.82 Å². The summed E-state index contributed by atoms with van der Waals surface area (Å²) in [5.74, 6) is 0.761. The van der Waals surface area contributed by atoms with Crippen molar-refractivity contribution in [1.29, 1.82) is 0 Å². The number of anilines is 1. The Morgan fingerprint density at radius 3 is 2.50 bits per heavy atom. The molecular weight excluding hydrogens is 554 g/mol. The van der Waals surface area contributed by atoms with Crippen molar-refractivity contribution in [2.75, 3.05) is 5.73 Å². The lowest BCUT2D eigenvalue weighted by atomic mass is 10.1. The van der Waals surface area contributed by atoms with E-state index in [1.54, 1.807) is 50.4 Å². The third-order valence-electron chi connectivity index (χ3n) is 6.64. The molecule has 42 heavy (non-hydrogen) atoms. The topological polar surface area (TPSA) is 162 Å². The minimum Gasteiger partial charge on any atom is -0.508 e. The zero-order chi connectivity index (χ0) is 28.8. The van der Waals surface area contributed by atoms with Crippen LogP contribution < -0.4 is 11.3 Å². The molecule has 4 N–H and O–H groups in total. The molecule has 13 heteroatoms. The lowest BCUT2D eigenvalue weighted by Gasteiger charge is -2.14. The molecule has 5 heterocycles. The number of nitrogens with zero attached hydrogens (tertiary/aromatic N) is 8. The second-order valence-electron chi connectivity index (χ2n) is 9.36. The molecule has 5 aromatic heterocycles. The number of fused-ring (bicyclic) bond motifs is 2. The van der Waals surface area contributed by atoms with Crippen LogP contribution in [0.5, 0.6) is 11.5 Å². The van der Waals surface area contributed by atoms with Crippen LogP contribution in [0.2, 0.25) is 0 Å². The van der Waals surface area contributed by atoms with Gasteiger partial charge in [0.25, 0.3) is 5.56 Å². The van der Waals surface area contributed by atoms with Crippen molar-refractivity contribution in [3.05, 3.63) is 108 Å². The minimum absolute atomic E-state index is 0.0239. The molecule has 0 spiro atoms. The van der Waals surface area contributed by atoms with Crippen LogP contribution in [0.4, 0.5) is 5.82 Å². The third kappa shape index (κ3) is 4.37. The number of hydrogen-bond donors (Lipinski definition) is 3. The number of aromatic hydroxyl groups is 2. The van der Waals surface area contributed by atoms with E-state index in [1.165, 1.54) is 30.4 Å². The number of pyridine rings is 1. The van der Waals surface area contributed by atoms with E-state index < -0.39 is 0 Å². The number of para-hydroxylation sites is 1. The fourth-order valence-corrected chi connectivity index (χ4v) is 5.72. The van der Waals surface area contributed by atoms with Crippen molar-refractivity contribution >= 4 is 34.1 Å². The molecule has 0 aliphatic heterocycles. The van der Waals surface area contributed by atoms with Gasteiger partial charge in [0, 0.05) is 27.7 Å². The summed E-state index contributed by atoms with van der Waals surface area (Å²) < 4.78 is 4.73. The molecule has 0 radical (unpaired) electrons. The Hall–Kier alpha value is -5.69. The molecule has 0 amide bonds. The molecular formula is C29H21N9O3S. The molecule has 0 fully saturated rings. The molecule has 0 bridgehead atoms. The van der Waals surface area contributed by atoms with E-state index in [4.69, 9.17) is 15.9 Å². The van der Waals surface area contributed by atoms with Gasteiger partial charge in [-0.15, -0.1) is 0 Å². The SMILES string of the molecule is Nc1ncnc2c1c(-c1cncc(O)c1)nn2Cc1nn2ccc(Sc3ccc(O)cc3)c2c(=O)n1-c1ccccc1. The van der Waals surface area contributed by atoms with Gasteiger partial charge in [0.15, 0.2) is 11.5 Å². The summed E-state index contributed by atoms with van der Waals surface area (Å²) >= 11 is 1.41. The molecule has 0 saturated heterocycles. The van der Waals surface area contributed by atoms with Crippen LogP contribution in [-0.4, -0.2) is 49.1 Å². The van der Waals surface area contributed by atoms with Crippen LogP contribution in [0.15, 0.2) is 106 Å². The molecule has 0 aliphatic carbocycles. The molecule has 7 aromatic rings. The van der Waals surface area contributed by atoms with E-state index >= 15 is 0 Å². The first kappa shape index (κ1) is 25.3. The molecule has 206 valence electrons. The van der Waals surface area contributed by atoms with Gasteiger partial charge >= 0.3 is 0 Å². The van der Waals surface area contributed by atoms with E-state index in [0.29, 0.717) is 39.3 Å². The zero-order valence-corrected chi connectivity index (χ0v) is 22.5. The van der Waals surface area contributed by atoms with Gasteiger partial charge in [0.1, 0.15) is 41.4 Å². The summed E-state index contributed by atoms with van der Waals surface area (Å²) in [6, 6.07) is 19.4. The number of phenols is 1. The number of rotatable bonds is 6. The van der Waals surface area contributed by atoms with Crippen LogP contribution in [0.3, 0.4) is 0 Å². The highest BCUT2D eigenvalue weighted by Crippen LogP contribution is 2.33. The summed E-state index contributed by atoms with van der Waals surface area (Å²) in [7, 11) is 0. The Balaban J connectivity index is 1.41. The lowest BCUT2D eigenvalue weighted by molar-refractivity contribution is 0.473. The van der Waals surface area contributed by atoms with Crippen LogP contribution in [-0.2, 0) is 6.54 Å². The maximum atomic E-state index is 14.2. The van der Waals surface area contributed by atoms with Gasteiger partial charge in [-0.05, 0) is 48.5 Å². The molecule has 0 aliphatic rings. The van der Waals surface area contributed by atoms with Crippen molar-refractivity contribution < 1.29 is 10.2 Å². The fraction of sp³-hybridized carbons (Fsp3) is 0.0345. The molecule has 2 aromatic carbocycles. The number of nitrogen functional groups attached to an aromatic ring is 1. The van der Waals surface area contributed by atoms with Gasteiger partial charge in [0.05, 0.1) is 17.3 Å². The van der Waals surface area contributed by atoms with Crippen molar-refractivity contribution in [2.24, 2.45) is 0 Å². The molecule has 12 nitrogen and oxygen atoms in total. The monoisotopic (exact) mass is 575 g/mol. The lowest BCUT2D eigenvalue weighted by Crippen LogP contribution is -2.28. The first-order valence-corrected chi connectivity index (χ1v) is 13.5. The van der Waals surface area contributed by atoms with E-state index in [9.17, 15) is 15.0 Å². The zero-order valence-electron chi connectivity index (χ0n) is 21.7. The average molecular weight is 576 g/mol. The number of hydrogen-bond acceptors (Lipinski definition) is 10. The predicted molar refractivity (Wildman–Crippen MR) is 157 cm³/mol. The minimum atomic E-state index is -0.263. The Bertz CT molecular complexity index is 2160. The summed E-state index contributed by atoms with van der Waals surface area (Å²) in [6.07, 6.45) is 5.98. The summed E-state index contributed by atoms with van der Waals surface area (Å²) in [5.41, 5.74) is 8.44. The van der Waals surface area contributed by atoms with E-state index in [2.05, 4.69) is 15.0 Å². The maximum Gasteiger partial charge on any atom is 0.283 e. The van der Waals surface area contributed by atoms with Crippen LogP contribution in [0, 0.1) is 0 Å². The highest BCUT2D eigenvalue weighted by Gasteiger charge is 2.22. The van der Waals surface area contributed by atoms with Gasteiger partial charge in [-0.2, -0.15) is 10.2 Å². The molecule has 0 atom stereocenters. The number of benzene rings is 2. The highest BCUT2D eigenvalue weighted by atomic mass is 32.2. The van der Waals surface area contributed by atoms with Gasteiger partial charge in [0.2, 0.25) is 0 Å². The van der Waals surface area contributed by atoms with Crippen LogP contribution >= 0.6 is 11.8 Å². The number of aromatic nitrogens is 8. The van der Waals surface area contributed by atoms with Gasteiger partial charge in [-0.25, -0.2) is 19.2 Å². The van der Waals surface area contributed by atoms with E-state index in [1.807, 2.05) is 36.4 Å². The van der Waals surface area contributed by atoms with Gasteiger partial charge in [-0.1, -0.05) is 30.0 Å². The fourth-order valence-electron chi connectivity index (χ4n) is 4.79. The van der Waals surface area contributed by atoms with E-state index in [-0.39, 0.29) is 29.4 Å². The third-order valence-corrected chi connectivity index (χ3v) is 7.70. The summed E-state index contributed by atoms with van der Waals surface area (Å²) in [5, 5.41) is 29.8. The number of phenolic OH excluding ortho intramolecular Hbond substituents is 1. The van der Waals surface area contributed by atoms with Gasteiger partial charge in [-0.3, -0.25) is 14.3 Å². The van der Waals surface area contributed by atoms with E-state index in [0.717, 1.165) is 9.79 Å². The highest BCUT2D eigenvalue weighted by molar-refractivity contribution is 7.99. The summed E-state index contributed by atoms with van der Waals surface area (Å²) in [6.45, 7) is 0.0674. The quantitative estimate of drug-likeness (QED) is 0.265. The van der Waals surface area contributed by atoms with Crippen LogP contribution in [0.25, 0.3) is 33.5 Å². The van der Waals surface area contributed by atoms with Crippen molar-refractivity contribution in [3.8, 4) is 28.4 Å². The molecule has 7 rings (SSSR count). The Kier molecular flexibility index (Phi) is 6.05. The van der Waals surface area contributed by atoms with Crippen molar-refractivity contribution in [2.45, 2.75) is 16.3 Å². The largest absolute Gasteiger partial charge is 0.508 e.